The number of carbonyl (C=O) groups is 2. The van der Waals surface area contributed by atoms with Crippen molar-refractivity contribution in [1.29, 1.82) is 0 Å². The summed E-state index contributed by atoms with van der Waals surface area (Å²) in [6.07, 6.45) is 9.61. The number of unbranched alkanes of at least 4 members (excludes halogenated alkanes) is 1. The Morgan fingerprint density at radius 3 is 2.52 bits per heavy atom. The van der Waals surface area contributed by atoms with Crippen molar-refractivity contribution in [2.75, 3.05) is 26.7 Å². The first-order valence-electron chi connectivity index (χ1n) is 7.82. The van der Waals surface area contributed by atoms with E-state index in [4.69, 9.17) is 24.5 Å². The summed E-state index contributed by atoms with van der Waals surface area (Å²) in [6.45, 7) is 4.78. The summed E-state index contributed by atoms with van der Waals surface area (Å²) < 4.78 is 14.4. The number of carboxylic acids is 2. The Morgan fingerprint density at radius 2 is 1.96 bits per heavy atom. The van der Waals surface area contributed by atoms with E-state index in [9.17, 15) is 0 Å². The molecule has 1 aliphatic rings. The van der Waals surface area contributed by atoms with Crippen LogP contribution in [0.5, 0.6) is 5.88 Å². The number of ether oxygens (including phenoxy) is 1. The van der Waals surface area contributed by atoms with Gasteiger partial charge in [-0.2, -0.15) is 4.37 Å². The molecule has 27 heavy (non-hydrogen) atoms. The summed E-state index contributed by atoms with van der Waals surface area (Å²) in [7, 11) is 2.13. The minimum absolute atomic E-state index is 0. The number of aliphatic carboxylic acids is 2. The summed E-state index contributed by atoms with van der Waals surface area (Å²) in [6, 6.07) is 0. The normalized spacial score (nSPS) is 13.5. The maximum Gasteiger partial charge on any atom is 1.00 e. The van der Waals surface area contributed by atoms with Gasteiger partial charge in [0.25, 0.3) is 5.88 Å². The van der Waals surface area contributed by atoms with Gasteiger partial charge in [-0.25, -0.2) is 0 Å². The maximum atomic E-state index is 8.93. The van der Waals surface area contributed by atoms with Gasteiger partial charge in [-0.3, -0.25) is 0 Å². The monoisotopic (exact) mass is 413 g/mol. The molecule has 0 atom stereocenters. The van der Waals surface area contributed by atoms with E-state index < -0.39 is 11.9 Å². The smallest absolute Gasteiger partial charge is 0.543 e. The van der Waals surface area contributed by atoms with Gasteiger partial charge in [-0.05, 0) is 38.8 Å². The summed E-state index contributed by atoms with van der Waals surface area (Å²) in [5.41, 5.74) is 2.17. The Kier molecular flexibility index (Phi) is 17.9. The fourth-order valence-corrected chi connectivity index (χ4v) is 2.60. The molecule has 0 bridgehead atoms. The van der Waals surface area contributed by atoms with Crippen molar-refractivity contribution in [3.8, 4) is 5.88 Å². The quantitative estimate of drug-likeness (QED) is 0.196. The number of nitrogens with zero attached hydrogens (tertiary/aromatic N) is 3. The van der Waals surface area contributed by atoms with Crippen LogP contribution in [0.25, 0.3) is 5.57 Å². The third kappa shape index (κ3) is 12.0. The van der Waals surface area contributed by atoms with Crippen molar-refractivity contribution in [3.63, 3.8) is 0 Å². The Morgan fingerprint density at radius 1 is 1.30 bits per heavy atom. The van der Waals surface area contributed by atoms with Gasteiger partial charge in [-0.1, -0.05) is 18.2 Å². The van der Waals surface area contributed by atoms with E-state index in [1.807, 2.05) is 6.92 Å². The third-order valence-electron chi connectivity index (χ3n) is 3.26. The predicted molar refractivity (Wildman–Crippen MR) is 89.6 cm³/mol. The largest absolute Gasteiger partial charge is 1.00 e. The molecule has 1 aromatic heterocycles. The molecule has 0 saturated carbocycles. The molecule has 2 heterocycles. The van der Waals surface area contributed by atoms with Gasteiger partial charge in [0.1, 0.15) is 5.69 Å². The maximum absolute atomic E-state index is 8.93. The summed E-state index contributed by atoms with van der Waals surface area (Å²) in [5.74, 6) is -3.67. The molecule has 1 aromatic rings. The fraction of sp³-hybridized carbons (Fsp3) is 0.500. The molecule has 11 heteroatoms. The van der Waals surface area contributed by atoms with Crippen molar-refractivity contribution in [1.82, 2.24) is 13.6 Å². The number of hydrogen-bond acceptors (Lipinski definition) is 9. The van der Waals surface area contributed by atoms with Crippen molar-refractivity contribution in [2.24, 2.45) is 0 Å². The van der Waals surface area contributed by atoms with Gasteiger partial charge in [0.2, 0.25) is 0 Å². The van der Waals surface area contributed by atoms with Crippen LogP contribution in [0.15, 0.2) is 18.2 Å². The average molecular weight is 413 g/mol. The number of carbonyl (C=O) groups excluding carboxylic acids is 2. The van der Waals surface area contributed by atoms with Crippen molar-refractivity contribution < 1.29 is 83.7 Å². The predicted octanol–water partition coefficient (Wildman–Crippen LogP) is -6.51. The van der Waals surface area contributed by atoms with E-state index in [0.717, 1.165) is 38.0 Å². The molecule has 1 aliphatic heterocycles. The second-order valence-corrected chi connectivity index (χ2v) is 5.84. The van der Waals surface area contributed by atoms with Gasteiger partial charge >= 0.3 is 59.1 Å². The van der Waals surface area contributed by atoms with Gasteiger partial charge in [0.15, 0.2) is 0 Å². The van der Waals surface area contributed by atoms with E-state index in [2.05, 4.69) is 38.9 Å². The van der Waals surface area contributed by atoms with Gasteiger partial charge in [-0.15, -0.1) is 4.37 Å². The topological polar surface area (TPSA) is 119 Å². The van der Waals surface area contributed by atoms with Crippen molar-refractivity contribution in [2.45, 2.75) is 26.2 Å². The zero-order valence-electron chi connectivity index (χ0n) is 16.3. The fourth-order valence-electron chi connectivity index (χ4n) is 2.07. The zero-order valence-corrected chi connectivity index (χ0v) is 21.1. The molecule has 8 nitrogen and oxygen atoms in total. The number of likely N-dealkylation sites (N-methyl/N-ethyl adjacent to an activating group) is 1. The van der Waals surface area contributed by atoms with Crippen LogP contribution in [-0.2, 0) is 9.59 Å². The first-order valence-corrected chi connectivity index (χ1v) is 8.55. The Hall–Kier alpha value is -0.260. The van der Waals surface area contributed by atoms with E-state index in [0.29, 0.717) is 12.5 Å². The second kappa shape index (κ2) is 16.7. The third-order valence-corrected chi connectivity index (χ3v) is 3.77. The molecule has 0 unspecified atom stereocenters. The second-order valence-electron chi connectivity index (χ2n) is 5.31. The standard InChI is InChI=1S/C14H21N3OS.C2H2O4.2Na/c1-3-4-5-6-10-18-14-13(15-19-16-14)12-8-7-9-17(2)11-12;3-1(4)2(5)6;;/h3-4,8H,5-7,9-11H2,1-2H3;(H,3,4)(H,5,6);;/q;;2*+1/p-2. The SMILES string of the molecule is CC=CCCCOc1nsnc1C1=CCCN(C)C1.O=C([O-])C(=O)[O-].[Na+].[Na+]. The minimum Gasteiger partial charge on any atom is -0.543 e. The number of aromatic nitrogens is 2. The Balaban J connectivity index is 0. The van der Waals surface area contributed by atoms with Crippen molar-refractivity contribution in [3.05, 3.63) is 23.9 Å². The van der Waals surface area contributed by atoms with Crippen LogP contribution >= 0.6 is 11.7 Å². The summed E-state index contributed by atoms with van der Waals surface area (Å²) in [5, 5.41) is 17.9. The number of hydrogen-bond donors (Lipinski definition) is 0. The molecule has 0 saturated heterocycles. The molecule has 0 aromatic carbocycles. The molecule has 0 spiro atoms. The molecule has 0 aliphatic carbocycles. The molecule has 0 amide bonds. The zero-order chi connectivity index (χ0) is 18.7. The average Bonchev–Trinajstić information content (AvgIpc) is 3.03. The first-order chi connectivity index (χ1) is 12.0. The van der Waals surface area contributed by atoms with Crippen LogP contribution in [0.4, 0.5) is 0 Å². The van der Waals surface area contributed by atoms with Gasteiger partial charge < -0.3 is 29.4 Å². The van der Waals surface area contributed by atoms with Crippen LogP contribution in [-0.4, -0.2) is 52.3 Å². The molecule has 138 valence electrons. The van der Waals surface area contributed by atoms with Crippen LogP contribution in [0.3, 0.4) is 0 Å². The number of allylic oxidation sites excluding steroid dienone is 2. The first kappa shape index (κ1) is 28.9. The molecule has 0 N–H and O–H groups in total. The van der Waals surface area contributed by atoms with Gasteiger partial charge in [0.05, 0.1) is 30.3 Å². The van der Waals surface area contributed by atoms with Crippen LogP contribution in [0, 0.1) is 0 Å². The van der Waals surface area contributed by atoms with Crippen molar-refractivity contribution >= 4 is 29.2 Å². The molecular formula is C16H21N3Na2O5S. The number of carboxylic acid groups (broad SMARTS) is 2. The molecule has 0 fully saturated rings. The van der Waals surface area contributed by atoms with Crippen LogP contribution in [0.2, 0.25) is 0 Å². The minimum atomic E-state index is -2.19. The van der Waals surface area contributed by atoms with E-state index in [-0.39, 0.29) is 59.1 Å². The van der Waals surface area contributed by atoms with Crippen LogP contribution < -0.4 is 74.1 Å². The Bertz CT molecular complexity index is 625. The Labute approximate surface area is 207 Å². The van der Waals surface area contributed by atoms with E-state index in [1.54, 1.807) is 0 Å². The van der Waals surface area contributed by atoms with Crippen LogP contribution in [0.1, 0.15) is 31.9 Å². The van der Waals surface area contributed by atoms with E-state index in [1.165, 1.54) is 17.3 Å². The molecule has 2 rings (SSSR count). The summed E-state index contributed by atoms with van der Waals surface area (Å²) in [4.78, 5) is 20.1. The molecular weight excluding hydrogens is 392 g/mol. The number of rotatable bonds is 6. The van der Waals surface area contributed by atoms with E-state index >= 15 is 0 Å². The molecule has 0 radical (unpaired) electrons. The summed E-state index contributed by atoms with van der Waals surface area (Å²) >= 11 is 1.23. The van der Waals surface area contributed by atoms with Gasteiger partial charge in [0, 0.05) is 13.1 Å².